The molecule has 0 saturated carbocycles. The molecule has 1 aromatic rings. The van der Waals surface area contributed by atoms with Crippen molar-refractivity contribution in [2.75, 3.05) is 25.5 Å². The molecule has 1 N–H and O–H groups in total. The summed E-state index contributed by atoms with van der Waals surface area (Å²) in [5.41, 5.74) is -0.307. The Labute approximate surface area is 104 Å². The molecule has 0 spiro atoms. The highest BCUT2D eigenvalue weighted by atomic mass is 19.1. The molecule has 1 rings (SSSR count). The van der Waals surface area contributed by atoms with E-state index in [9.17, 15) is 18.4 Å². The first kappa shape index (κ1) is 14.1. The molecule has 1 aromatic carbocycles. The quantitative estimate of drug-likeness (QED) is 0.809. The summed E-state index contributed by atoms with van der Waals surface area (Å²) in [6.07, 6.45) is 0.502. The Balaban J connectivity index is 2.88. The zero-order valence-corrected chi connectivity index (χ0v) is 10.2. The minimum absolute atomic E-state index is 0.0616. The van der Waals surface area contributed by atoms with Gasteiger partial charge in [-0.2, -0.15) is 0 Å². The van der Waals surface area contributed by atoms with Crippen molar-refractivity contribution in [3.8, 4) is 0 Å². The molecule has 0 heterocycles. The molecular weight excluding hydrogens is 242 g/mol. The van der Waals surface area contributed by atoms with Gasteiger partial charge in [0.05, 0.1) is 0 Å². The predicted octanol–water partition coefficient (Wildman–Crippen LogP) is 1.35. The summed E-state index contributed by atoms with van der Waals surface area (Å²) in [6.45, 7) is 0.175. The van der Waals surface area contributed by atoms with Crippen LogP contribution in [-0.2, 0) is 4.79 Å². The number of rotatable bonds is 5. The maximum absolute atomic E-state index is 13.6. The first-order valence-electron chi connectivity index (χ1n) is 5.35. The van der Waals surface area contributed by atoms with Crippen LogP contribution in [0.5, 0.6) is 0 Å². The minimum Gasteiger partial charge on any atom is -0.369 e. The highest BCUT2D eigenvalue weighted by molar-refractivity contribution is 5.77. The van der Waals surface area contributed by atoms with Crippen LogP contribution in [-0.4, -0.2) is 32.8 Å². The van der Waals surface area contributed by atoms with Gasteiger partial charge in [0.25, 0.3) is 0 Å². The van der Waals surface area contributed by atoms with E-state index in [2.05, 4.69) is 5.32 Å². The predicted molar refractivity (Wildman–Crippen MR) is 63.7 cm³/mol. The van der Waals surface area contributed by atoms with Crippen molar-refractivity contribution < 1.29 is 18.4 Å². The largest absolute Gasteiger partial charge is 0.369 e. The van der Waals surface area contributed by atoms with Gasteiger partial charge >= 0.3 is 0 Å². The molecule has 18 heavy (non-hydrogen) atoms. The number of hydrogen-bond acceptors (Lipinski definition) is 3. The lowest BCUT2D eigenvalue weighted by atomic mass is 10.2. The first-order valence-corrected chi connectivity index (χ1v) is 5.35. The SMILES string of the molecule is CNC(=O)CCN(C)c1c(F)cc(C=O)cc1F. The van der Waals surface area contributed by atoms with Gasteiger partial charge in [-0.15, -0.1) is 0 Å². The van der Waals surface area contributed by atoms with Gasteiger partial charge in [0.2, 0.25) is 5.91 Å². The molecule has 1 amide bonds. The van der Waals surface area contributed by atoms with Gasteiger partial charge in [-0.3, -0.25) is 9.59 Å². The molecule has 0 aliphatic carbocycles. The summed E-state index contributed by atoms with van der Waals surface area (Å²) in [4.78, 5) is 22.8. The second-order valence-corrected chi connectivity index (χ2v) is 3.80. The van der Waals surface area contributed by atoms with Gasteiger partial charge in [0.15, 0.2) is 0 Å². The summed E-state index contributed by atoms with van der Waals surface area (Å²) >= 11 is 0. The van der Waals surface area contributed by atoms with Crippen LogP contribution in [0.2, 0.25) is 0 Å². The van der Waals surface area contributed by atoms with Gasteiger partial charge in [0, 0.05) is 32.6 Å². The Morgan fingerprint density at radius 3 is 2.39 bits per heavy atom. The smallest absolute Gasteiger partial charge is 0.221 e. The van der Waals surface area contributed by atoms with E-state index in [1.54, 1.807) is 0 Å². The monoisotopic (exact) mass is 256 g/mol. The van der Waals surface area contributed by atoms with Gasteiger partial charge in [0.1, 0.15) is 23.6 Å². The lowest BCUT2D eigenvalue weighted by molar-refractivity contribution is -0.120. The summed E-state index contributed by atoms with van der Waals surface area (Å²) < 4.78 is 27.2. The van der Waals surface area contributed by atoms with Crippen molar-refractivity contribution in [3.63, 3.8) is 0 Å². The van der Waals surface area contributed by atoms with Crippen molar-refractivity contribution in [1.82, 2.24) is 5.32 Å². The lowest BCUT2D eigenvalue weighted by Gasteiger charge is -2.20. The molecule has 0 radical (unpaired) electrons. The van der Waals surface area contributed by atoms with Crippen LogP contribution < -0.4 is 10.2 Å². The van der Waals surface area contributed by atoms with E-state index >= 15 is 0 Å². The van der Waals surface area contributed by atoms with Crippen molar-refractivity contribution in [1.29, 1.82) is 0 Å². The third-order valence-corrected chi connectivity index (χ3v) is 2.51. The second kappa shape index (κ2) is 6.09. The Kier molecular flexibility index (Phi) is 4.76. The van der Waals surface area contributed by atoms with E-state index in [0.717, 1.165) is 12.1 Å². The molecule has 0 fully saturated rings. The summed E-state index contributed by atoms with van der Waals surface area (Å²) in [7, 11) is 2.97. The molecule has 0 aliphatic rings. The lowest BCUT2D eigenvalue weighted by Crippen LogP contribution is -2.27. The van der Waals surface area contributed by atoms with Crippen LogP contribution in [0.15, 0.2) is 12.1 Å². The number of anilines is 1. The summed E-state index contributed by atoms with van der Waals surface area (Å²) in [5.74, 6) is -1.86. The van der Waals surface area contributed by atoms with Gasteiger partial charge in [-0.1, -0.05) is 0 Å². The number of nitrogens with one attached hydrogen (secondary N) is 1. The van der Waals surface area contributed by atoms with Crippen molar-refractivity contribution in [2.24, 2.45) is 0 Å². The molecular formula is C12H14F2N2O2. The maximum Gasteiger partial charge on any atom is 0.221 e. The minimum atomic E-state index is -0.823. The maximum atomic E-state index is 13.6. The number of benzene rings is 1. The van der Waals surface area contributed by atoms with E-state index in [1.165, 1.54) is 19.0 Å². The van der Waals surface area contributed by atoms with Crippen molar-refractivity contribution in [2.45, 2.75) is 6.42 Å². The zero-order chi connectivity index (χ0) is 13.7. The number of hydrogen-bond donors (Lipinski definition) is 1. The molecule has 0 aliphatic heterocycles. The van der Waals surface area contributed by atoms with Crippen LogP contribution in [0.3, 0.4) is 0 Å². The Hall–Kier alpha value is -1.98. The normalized spacial score (nSPS) is 10.0. The number of carbonyl (C=O) groups excluding carboxylic acids is 2. The number of nitrogens with zero attached hydrogens (tertiary/aromatic N) is 1. The van der Waals surface area contributed by atoms with Crippen molar-refractivity contribution in [3.05, 3.63) is 29.3 Å². The van der Waals surface area contributed by atoms with E-state index in [1.807, 2.05) is 0 Å². The van der Waals surface area contributed by atoms with Crippen LogP contribution in [0, 0.1) is 11.6 Å². The molecule has 4 nitrogen and oxygen atoms in total. The fourth-order valence-corrected chi connectivity index (χ4v) is 1.52. The third-order valence-electron chi connectivity index (χ3n) is 2.51. The Bertz CT molecular complexity index is 440. The number of carbonyl (C=O) groups is 2. The van der Waals surface area contributed by atoms with Crippen LogP contribution in [0.25, 0.3) is 0 Å². The molecule has 0 aromatic heterocycles. The number of amides is 1. The van der Waals surface area contributed by atoms with Gasteiger partial charge < -0.3 is 10.2 Å². The Morgan fingerprint density at radius 1 is 1.39 bits per heavy atom. The highest BCUT2D eigenvalue weighted by Crippen LogP contribution is 2.23. The molecule has 0 bridgehead atoms. The van der Waals surface area contributed by atoms with E-state index in [4.69, 9.17) is 0 Å². The molecule has 0 saturated heterocycles. The number of aldehydes is 1. The summed E-state index contributed by atoms with van der Waals surface area (Å²) in [5, 5.41) is 2.42. The van der Waals surface area contributed by atoms with E-state index in [-0.39, 0.29) is 30.1 Å². The second-order valence-electron chi connectivity index (χ2n) is 3.80. The van der Waals surface area contributed by atoms with Crippen LogP contribution in [0.1, 0.15) is 16.8 Å². The van der Waals surface area contributed by atoms with Crippen LogP contribution >= 0.6 is 0 Å². The third kappa shape index (κ3) is 3.26. The molecule has 98 valence electrons. The topological polar surface area (TPSA) is 49.4 Å². The average molecular weight is 256 g/mol. The highest BCUT2D eigenvalue weighted by Gasteiger charge is 2.15. The average Bonchev–Trinajstić information content (AvgIpc) is 2.34. The molecule has 0 atom stereocenters. The zero-order valence-electron chi connectivity index (χ0n) is 10.2. The number of halogens is 2. The fraction of sp³-hybridized carbons (Fsp3) is 0.333. The van der Waals surface area contributed by atoms with E-state index < -0.39 is 11.6 Å². The van der Waals surface area contributed by atoms with Gasteiger partial charge in [-0.05, 0) is 12.1 Å². The molecule has 0 unspecified atom stereocenters. The van der Waals surface area contributed by atoms with E-state index in [0.29, 0.717) is 6.29 Å². The fourth-order valence-electron chi connectivity index (χ4n) is 1.52. The van der Waals surface area contributed by atoms with Gasteiger partial charge in [-0.25, -0.2) is 8.78 Å². The molecule has 6 heteroatoms. The Morgan fingerprint density at radius 2 is 1.94 bits per heavy atom. The first-order chi connectivity index (χ1) is 8.49. The summed E-state index contributed by atoms with van der Waals surface area (Å²) in [6, 6.07) is 1.92. The van der Waals surface area contributed by atoms with Crippen molar-refractivity contribution >= 4 is 17.9 Å². The standard InChI is InChI=1S/C12H14F2N2O2/c1-15-11(18)3-4-16(2)12-9(13)5-8(7-17)6-10(12)14/h5-7H,3-4H2,1-2H3,(H,15,18). The van der Waals surface area contributed by atoms with Crippen LogP contribution in [0.4, 0.5) is 14.5 Å².